The van der Waals surface area contributed by atoms with Gasteiger partial charge in [-0.2, -0.15) is 17.4 Å². The van der Waals surface area contributed by atoms with Gasteiger partial charge in [-0.1, -0.05) is 25.1 Å². The summed E-state index contributed by atoms with van der Waals surface area (Å²) in [5, 5.41) is 2.76. The second-order valence-electron chi connectivity index (χ2n) is 4.62. The zero-order chi connectivity index (χ0) is 15.3. The number of carbonyl (C=O) groups is 1. The molecule has 1 aromatic carbocycles. The Bertz CT molecular complexity index is 583. The minimum Gasteiger partial charge on any atom is -0.324 e. The summed E-state index contributed by atoms with van der Waals surface area (Å²) in [6, 6.07) is 5.77. The van der Waals surface area contributed by atoms with Crippen molar-refractivity contribution in [3.8, 4) is 0 Å². The third-order valence-corrected chi connectivity index (χ3v) is 4.37. The highest BCUT2D eigenvalue weighted by Crippen LogP contribution is 2.20. The Morgan fingerprint density at radius 3 is 2.50 bits per heavy atom. The molecule has 20 heavy (non-hydrogen) atoms. The summed E-state index contributed by atoms with van der Waals surface area (Å²) in [6.45, 7) is 3.61. The quantitative estimate of drug-likeness (QED) is 0.819. The van der Waals surface area contributed by atoms with Gasteiger partial charge in [-0.25, -0.2) is 0 Å². The molecule has 0 aliphatic heterocycles. The van der Waals surface area contributed by atoms with Crippen LogP contribution in [0.4, 0.5) is 5.69 Å². The van der Waals surface area contributed by atoms with Crippen LogP contribution in [-0.4, -0.2) is 39.3 Å². The Hall–Kier alpha value is -1.44. The summed E-state index contributed by atoms with van der Waals surface area (Å²) < 4.78 is 26.3. The number of para-hydroxylation sites is 1. The number of benzene rings is 1. The maximum Gasteiger partial charge on any atom is 0.279 e. The number of hydrogen-bond acceptors (Lipinski definition) is 3. The Morgan fingerprint density at radius 1 is 1.30 bits per heavy atom. The molecule has 1 amide bonds. The van der Waals surface area contributed by atoms with Crippen LogP contribution >= 0.6 is 0 Å². The molecule has 0 bridgehead atoms. The molecule has 0 aromatic heterocycles. The summed E-state index contributed by atoms with van der Waals surface area (Å²) in [4.78, 5) is 11.8. The van der Waals surface area contributed by atoms with Gasteiger partial charge in [-0.15, -0.1) is 0 Å². The molecule has 2 N–H and O–H groups in total. The van der Waals surface area contributed by atoms with Gasteiger partial charge in [0.1, 0.15) is 0 Å². The second-order valence-corrected chi connectivity index (χ2v) is 6.59. The van der Waals surface area contributed by atoms with Crippen LogP contribution in [0.1, 0.15) is 18.1 Å². The number of hydrogen-bond donors (Lipinski definition) is 2. The van der Waals surface area contributed by atoms with E-state index >= 15 is 0 Å². The number of rotatable bonds is 6. The van der Waals surface area contributed by atoms with E-state index in [1.54, 1.807) is 0 Å². The molecule has 0 heterocycles. The van der Waals surface area contributed by atoms with Crippen molar-refractivity contribution in [1.29, 1.82) is 0 Å². The number of amides is 1. The molecule has 112 valence electrons. The maximum atomic E-state index is 11.8. The van der Waals surface area contributed by atoms with Crippen LogP contribution in [0, 0.1) is 6.92 Å². The highest BCUT2D eigenvalue weighted by molar-refractivity contribution is 7.87. The van der Waals surface area contributed by atoms with Crippen molar-refractivity contribution in [2.24, 2.45) is 0 Å². The van der Waals surface area contributed by atoms with Crippen LogP contribution in [0.3, 0.4) is 0 Å². The van der Waals surface area contributed by atoms with Crippen LogP contribution < -0.4 is 10.0 Å². The molecule has 0 saturated heterocycles. The molecule has 0 spiro atoms. The summed E-state index contributed by atoms with van der Waals surface area (Å²) >= 11 is 0. The minimum atomic E-state index is -3.59. The van der Waals surface area contributed by atoms with Crippen molar-refractivity contribution in [2.45, 2.75) is 20.3 Å². The van der Waals surface area contributed by atoms with Gasteiger partial charge in [-0.3, -0.25) is 4.79 Å². The van der Waals surface area contributed by atoms with E-state index < -0.39 is 10.2 Å². The fourth-order valence-electron chi connectivity index (χ4n) is 1.67. The van der Waals surface area contributed by atoms with Crippen LogP contribution in [0.2, 0.25) is 0 Å². The van der Waals surface area contributed by atoms with Crippen LogP contribution in [-0.2, 0) is 21.4 Å². The minimum absolute atomic E-state index is 0.294. The smallest absolute Gasteiger partial charge is 0.279 e. The van der Waals surface area contributed by atoms with E-state index in [1.807, 2.05) is 32.0 Å². The van der Waals surface area contributed by atoms with Crippen molar-refractivity contribution in [2.75, 3.05) is 26.0 Å². The molecule has 7 heteroatoms. The van der Waals surface area contributed by atoms with E-state index in [9.17, 15) is 13.2 Å². The topological polar surface area (TPSA) is 78.5 Å². The Labute approximate surface area is 120 Å². The highest BCUT2D eigenvalue weighted by Gasteiger charge is 2.15. The Morgan fingerprint density at radius 2 is 1.95 bits per heavy atom. The van der Waals surface area contributed by atoms with E-state index in [0.717, 1.165) is 27.5 Å². The van der Waals surface area contributed by atoms with E-state index in [-0.39, 0.29) is 12.5 Å². The Kier molecular flexibility index (Phi) is 5.67. The summed E-state index contributed by atoms with van der Waals surface area (Å²) in [5.41, 5.74) is 2.73. The predicted octanol–water partition coefficient (Wildman–Crippen LogP) is 0.892. The summed E-state index contributed by atoms with van der Waals surface area (Å²) in [7, 11) is -0.790. The number of anilines is 1. The van der Waals surface area contributed by atoms with Gasteiger partial charge in [-0.05, 0) is 24.5 Å². The van der Waals surface area contributed by atoms with Gasteiger partial charge >= 0.3 is 0 Å². The third kappa shape index (κ3) is 4.29. The Balaban J connectivity index is 2.73. The second kappa shape index (κ2) is 6.83. The van der Waals surface area contributed by atoms with Crippen molar-refractivity contribution >= 4 is 21.8 Å². The molecule has 0 radical (unpaired) electrons. The number of nitrogens with zero attached hydrogens (tertiary/aromatic N) is 1. The first-order valence-corrected chi connectivity index (χ1v) is 7.77. The largest absolute Gasteiger partial charge is 0.324 e. The molecule has 6 nitrogen and oxygen atoms in total. The van der Waals surface area contributed by atoms with Crippen molar-refractivity contribution < 1.29 is 13.2 Å². The average molecular weight is 299 g/mol. The molecule has 0 unspecified atom stereocenters. The lowest BCUT2D eigenvalue weighted by Crippen LogP contribution is -2.40. The zero-order valence-corrected chi connectivity index (χ0v) is 13.0. The van der Waals surface area contributed by atoms with Gasteiger partial charge in [0.25, 0.3) is 10.2 Å². The van der Waals surface area contributed by atoms with E-state index in [2.05, 4.69) is 10.0 Å². The molecule has 0 aliphatic rings. The normalized spacial score (nSPS) is 11.7. The SMILES string of the molecule is CCc1cccc(C)c1NC(=O)CNS(=O)(=O)N(C)C. The molecule has 0 aliphatic carbocycles. The first kappa shape index (κ1) is 16.6. The lowest BCUT2D eigenvalue weighted by Gasteiger charge is -2.15. The predicted molar refractivity (Wildman–Crippen MR) is 79.8 cm³/mol. The lowest BCUT2D eigenvalue weighted by atomic mass is 10.1. The van der Waals surface area contributed by atoms with Crippen LogP contribution in [0.5, 0.6) is 0 Å². The number of carbonyl (C=O) groups excluding carboxylic acids is 1. The fourth-order valence-corrected chi connectivity index (χ4v) is 2.24. The molecule has 1 rings (SSSR count). The van der Waals surface area contributed by atoms with Gasteiger partial charge in [0.05, 0.1) is 6.54 Å². The van der Waals surface area contributed by atoms with Crippen molar-refractivity contribution in [3.63, 3.8) is 0 Å². The molecular weight excluding hydrogens is 278 g/mol. The molecule has 0 fully saturated rings. The summed E-state index contributed by atoms with van der Waals surface area (Å²) in [5.74, 6) is -0.389. The molecule has 0 atom stereocenters. The average Bonchev–Trinajstić information content (AvgIpc) is 2.38. The maximum absolute atomic E-state index is 11.8. The molecule has 0 saturated carbocycles. The third-order valence-electron chi connectivity index (χ3n) is 2.90. The summed E-state index contributed by atoms with van der Waals surface area (Å²) in [6.07, 6.45) is 0.792. The van der Waals surface area contributed by atoms with Gasteiger partial charge in [0.2, 0.25) is 5.91 Å². The van der Waals surface area contributed by atoms with E-state index in [4.69, 9.17) is 0 Å². The molecular formula is C13H21N3O3S. The highest BCUT2D eigenvalue weighted by atomic mass is 32.2. The monoisotopic (exact) mass is 299 g/mol. The first-order chi connectivity index (χ1) is 9.27. The van der Waals surface area contributed by atoms with Crippen molar-refractivity contribution in [1.82, 2.24) is 9.03 Å². The number of aryl methyl sites for hydroxylation is 2. The van der Waals surface area contributed by atoms with Gasteiger partial charge in [0.15, 0.2) is 0 Å². The van der Waals surface area contributed by atoms with Crippen LogP contribution in [0.25, 0.3) is 0 Å². The zero-order valence-electron chi connectivity index (χ0n) is 12.2. The first-order valence-electron chi connectivity index (χ1n) is 6.33. The lowest BCUT2D eigenvalue weighted by molar-refractivity contribution is -0.115. The van der Waals surface area contributed by atoms with Crippen LogP contribution in [0.15, 0.2) is 18.2 Å². The van der Waals surface area contributed by atoms with Crippen molar-refractivity contribution in [3.05, 3.63) is 29.3 Å². The fraction of sp³-hybridized carbons (Fsp3) is 0.462. The van der Waals surface area contributed by atoms with Gasteiger partial charge < -0.3 is 5.32 Å². The van der Waals surface area contributed by atoms with E-state index in [0.29, 0.717) is 0 Å². The van der Waals surface area contributed by atoms with E-state index in [1.165, 1.54) is 14.1 Å². The van der Waals surface area contributed by atoms with Gasteiger partial charge in [0, 0.05) is 19.8 Å². The molecule has 1 aromatic rings. The number of nitrogens with one attached hydrogen (secondary N) is 2. The standard InChI is InChI=1S/C13H21N3O3S/c1-5-11-8-6-7-10(2)13(11)15-12(17)9-14-20(18,19)16(3)4/h6-8,14H,5,9H2,1-4H3,(H,15,17).